The Hall–Kier alpha value is -1.48. The molecule has 1 aromatic carbocycles. The molecule has 25 heavy (non-hydrogen) atoms. The smallest absolute Gasteiger partial charge is 0.131 e. The van der Waals surface area contributed by atoms with Crippen LogP contribution < -0.4 is 9.47 Å². The van der Waals surface area contributed by atoms with E-state index in [-0.39, 0.29) is 5.60 Å². The number of ether oxygens (including phenoxy) is 2. The average Bonchev–Trinajstić information content (AvgIpc) is 3.07. The molecule has 0 bridgehead atoms. The lowest BCUT2D eigenvalue weighted by atomic mass is 9.98. The van der Waals surface area contributed by atoms with Crippen LogP contribution in [0.4, 0.5) is 0 Å². The molecule has 0 aromatic heterocycles. The Morgan fingerprint density at radius 2 is 1.96 bits per heavy atom. The summed E-state index contributed by atoms with van der Waals surface area (Å²) in [5.74, 6) is 1.95. The van der Waals surface area contributed by atoms with E-state index in [4.69, 9.17) is 9.47 Å². The molecule has 0 amide bonds. The van der Waals surface area contributed by atoms with Gasteiger partial charge in [-0.15, -0.1) is 0 Å². The molecule has 138 valence electrons. The van der Waals surface area contributed by atoms with E-state index in [1.54, 1.807) is 0 Å². The molecule has 2 aliphatic rings. The molecule has 1 saturated heterocycles. The van der Waals surface area contributed by atoms with Crippen LogP contribution in [0.1, 0.15) is 64.0 Å². The van der Waals surface area contributed by atoms with Crippen LogP contribution in [-0.4, -0.2) is 36.7 Å². The first kappa shape index (κ1) is 18.3. The first-order chi connectivity index (χ1) is 12.1. The number of rotatable bonds is 8. The van der Waals surface area contributed by atoms with Crippen LogP contribution in [0.2, 0.25) is 0 Å². The largest absolute Gasteiger partial charge is 0.491 e. The van der Waals surface area contributed by atoms with Crippen LogP contribution in [-0.2, 0) is 6.42 Å². The summed E-state index contributed by atoms with van der Waals surface area (Å²) in [4.78, 5) is 2.49. The van der Waals surface area contributed by atoms with E-state index in [1.165, 1.54) is 50.8 Å². The van der Waals surface area contributed by atoms with E-state index in [1.807, 2.05) is 0 Å². The molecule has 0 saturated carbocycles. The Morgan fingerprint density at radius 1 is 1.16 bits per heavy atom. The monoisotopic (exact) mass is 343 g/mol. The van der Waals surface area contributed by atoms with Gasteiger partial charge in [0.25, 0.3) is 0 Å². The van der Waals surface area contributed by atoms with Crippen molar-refractivity contribution in [2.24, 2.45) is 0 Å². The first-order valence-corrected chi connectivity index (χ1v) is 9.98. The fourth-order valence-electron chi connectivity index (χ4n) is 3.64. The fourth-order valence-corrected chi connectivity index (χ4v) is 3.64. The van der Waals surface area contributed by atoms with Gasteiger partial charge in [0.15, 0.2) is 0 Å². The summed E-state index contributed by atoms with van der Waals surface area (Å²) in [5, 5.41) is 0. The Bertz CT molecular complexity index is 600. The molecule has 0 radical (unpaired) electrons. The third-order valence-electron chi connectivity index (χ3n) is 5.12. The highest BCUT2D eigenvalue weighted by molar-refractivity contribution is 5.68. The van der Waals surface area contributed by atoms with Crippen molar-refractivity contribution in [3.05, 3.63) is 29.3 Å². The molecule has 2 aliphatic heterocycles. The minimum atomic E-state index is -0.248. The van der Waals surface area contributed by atoms with E-state index >= 15 is 0 Å². The van der Waals surface area contributed by atoms with Crippen molar-refractivity contribution in [2.75, 3.05) is 26.2 Å². The van der Waals surface area contributed by atoms with Crippen molar-refractivity contribution >= 4 is 6.08 Å². The summed E-state index contributed by atoms with van der Waals surface area (Å²) in [6.45, 7) is 10.7. The second-order valence-corrected chi connectivity index (χ2v) is 7.90. The zero-order valence-corrected chi connectivity index (χ0v) is 16.1. The molecule has 0 aliphatic carbocycles. The molecule has 0 N–H and O–H groups in total. The Labute approximate surface area is 153 Å². The van der Waals surface area contributed by atoms with Crippen LogP contribution in [0, 0.1) is 0 Å². The van der Waals surface area contributed by atoms with Crippen molar-refractivity contribution in [3.8, 4) is 11.5 Å². The summed E-state index contributed by atoms with van der Waals surface area (Å²) in [6.07, 6.45) is 11.8. The van der Waals surface area contributed by atoms with Gasteiger partial charge in [0.2, 0.25) is 0 Å². The summed E-state index contributed by atoms with van der Waals surface area (Å²) >= 11 is 0. The minimum Gasteiger partial charge on any atom is -0.491 e. The topological polar surface area (TPSA) is 21.7 Å². The van der Waals surface area contributed by atoms with E-state index in [0.717, 1.165) is 36.6 Å². The van der Waals surface area contributed by atoms with E-state index in [9.17, 15) is 0 Å². The highest BCUT2D eigenvalue weighted by Gasteiger charge is 2.24. The van der Waals surface area contributed by atoms with Crippen molar-refractivity contribution in [1.29, 1.82) is 0 Å². The first-order valence-electron chi connectivity index (χ1n) is 9.98. The van der Waals surface area contributed by atoms with Crippen LogP contribution in [0.15, 0.2) is 18.2 Å². The summed E-state index contributed by atoms with van der Waals surface area (Å²) in [5.41, 5.74) is 2.18. The molecule has 1 fully saturated rings. The number of nitrogens with zero attached hydrogens (tertiary/aromatic N) is 1. The van der Waals surface area contributed by atoms with Crippen molar-refractivity contribution in [2.45, 2.75) is 64.9 Å². The quantitative estimate of drug-likeness (QED) is 0.615. The summed E-state index contributed by atoms with van der Waals surface area (Å²) in [6, 6.07) is 4.44. The van der Waals surface area contributed by atoms with Gasteiger partial charge < -0.3 is 9.47 Å². The van der Waals surface area contributed by atoms with Gasteiger partial charge in [-0.25, -0.2) is 0 Å². The summed E-state index contributed by atoms with van der Waals surface area (Å²) in [7, 11) is 0. The molecule has 2 heterocycles. The third kappa shape index (κ3) is 5.01. The summed E-state index contributed by atoms with van der Waals surface area (Å²) < 4.78 is 12.4. The van der Waals surface area contributed by atoms with Crippen LogP contribution in [0.25, 0.3) is 6.08 Å². The molecule has 0 unspecified atom stereocenters. The van der Waals surface area contributed by atoms with E-state index < -0.39 is 0 Å². The van der Waals surface area contributed by atoms with Crippen molar-refractivity contribution in [3.63, 3.8) is 0 Å². The SMILES string of the molecule is CCCCCc1cc(OCCN2CCCC2)c2c(c1)OC(C)(C)C=C2. The van der Waals surface area contributed by atoms with Gasteiger partial charge in [-0.2, -0.15) is 0 Å². The second kappa shape index (κ2) is 8.27. The zero-order chi connectivity index (χ0) is 17.7. The van der Waals surface area contributed by atoms with Gasteiger partial charge in [0.05, 0.1) is 5.56 Å². The third-order valence-corrected chi connectivity index (χ3v) is 5.12. The van der Waals surface area contributed by atoms with Gasteiger partial charge in [-0.1, -0.05) is 19.8 Å². The molecule has 1 aromatic rings. The number of fused-ring (bicyclic) bond motifs is 1. The highest BCUT2D eigenvalue weighted by Crippen LogP contribution is 2.38. The number of hydrogen-bond donors (Lipinski definition) is 0. The minimum absolute atomic E-state index is 0.248. The Kier molecular flexibility index (Phi) is 6.06. The molecular formula is C22H33NO2. The number of likely N-dealkylation sites (tertiary alicyclic amines) is 1. The second-order valence-electron chi connectivity index (χ2n) is 7.90. The number of unbranched alkanes of at least 4 members (excludes halogenated alkanes) is 2. The predicted octanol–water partition coefficient (Wildman–Crippen LogP) is 5.08. The van der Waals surface area contributed by atoms with Crippen LogP contribution in [0.3, 0.4) is 0 Å². The predicted molar refractivity (Wildman–Crippen MR) is 105 cm³/mol. The van der Waals surface area contributed by atoms with Gasteiger partial charge in [0.1, 0.15) is 23.7 Å². The maximum atomic E-state index is 6.21. The van der Waals surface area contributed by atoms with Crippen molar-refractivity contribution < 1.29 is 9.47 Å². The van der Waals surface area contributed by atoms with Gasteiger partial charge in [0, 0.05) is 6.54 Å². The van der Waals surface area contributed by atoms with Gasteiger partial charge >= 0.3 is 0 Å². The average molecular weight is 344 g/mol. The van der Waals surface area contributed by atoms with E-state index in [0.29, 0.717) is 0 Å². The fraction of sp³-hybridized carbons (Fsp3) is 0.636. The lowest BCUT2D eigenvalue weighted by Gasteiger charge is -2.29. The normalized spacial score (nSPS) is 18.8. The Morgan fingerprint density at radius 3 is 2.72 bits per heavy atom. The number of hydrogen-bond acceptors (Lipinski definition) is 3. The van der Waals surface area contributed by atoms with Crippen molar-refractivity contribution in [1.82, 2.24) is 4.90 Å². The maximum absolute atomic E-state index is 6.21. The van der Waals surface area contributed by atoms with Gasteiger partial charge in [-0.05, 0) is 82.5 Å². The highest BCUT2D eigenvalue weighted by atomic mass is 16.5. The lowest BCUT2D eigenvalue weighted by Crippen LogP contribution is -2.28. The van der Waals surface area contributed by atoms with E-state index in [2.05, 4.69) is 50.0 Å². The molecule has 3 rings (SSSR count). The van der Waals surface area contributed by atoms with Crippen LogP contribution >= 0.6 is 0 Å². The molecule has 3 heteroatoms. The number of benzene rings is 1. The molecule has 3 nitrogen and oxygen atoms in total. The molecule has 0 atom stereocenters. The maximum Gasteiger partial charge on any atom is 0.131 e. The van der Waals surface area contributed by atoms with Gasteiger partial charge in [-0.3, -0.25) is 4.90 Å². The Balaban J connectivity index is 1.72. The van der Waals surface area contributed by atoms with Crippen LogP contribution in [0.5, 0.6) is 11.5 Å². The lowest BCUT2D eigenvalue weighted by molar-refractivity contribution is 0.157. The number of aryl methyl sites for hydroxylation is 1. The molecular weight excluding hydrogens is 310 g/mol. The zero-order valence-electron chi connectivity index (χ0n) is 16.1. The molecule has 0 spiro atoms. The standard InChI is InChI=1S/C22H33NO2/c1-4-5-6-9-18-16-20(24-15-14-23-12-7-8-13-23)19-10-11-22(2,3)25-21(19)17-18/h10-11,16-17H,4-9,12-15H2,1-3H3.